The molecule has 0 radical (unpaired) electrons. The molecule has 136 valence electrons. The molecule has 1 aliphatic rings. The summed E-state index contributed by atoms with van der Waals surface area (Å²) in [6.07, 6.45) is 2.36. The highest BCUT2D eigenvalue weighted by atomic mass is 16.3. The van der Waals surface area contributed by atoms with E-state index < -0.39 is 18.1 Å². The smallest absolute Gasteiger partial charge is 0.272 e. The first kappa shape index (κ1) is 17.8. The Morgan fingerprint density at radius 2 is 2.19 bits per heavy atom. The summed E-state index contributed by atoms with van der Waals surface area (Å²) in [5.74, 6) is -0.802. The molecule has 1 aliphatic heterocycles. The number of hydrogen-bond acceptors (Lipinski definition) is 5. The zero-order chi connectivity index (χ0) is 18.7. The SMILES string of the molecule is Cc1cc(=O)c(C(=O)N[C@@H]2CCN(C(=O)c3ccccn3)C[C@H]2O)c[nH]1. The topological polar surface area (TPSA) is 115 Å². The number of aliphatic hydroxyl groups excluding tert-OH is 1. The molecular weight excluding hydrogens is 336 g/mol. The van der Waals surface area contributed by atoms with Gasteiger partial charge in [-0.25, -0.2) is 0 Å². The van der Waals surface area contributed by atoms with Crippen LogP contribution in [0.5, 0.6) is 0 Å². The summed E-state index contributed by atoms with van der Waals surface area (Å²) in [5.41, 5.74) is 0.590. The molecule has 0 saturated carbocycles. The molecular formula is C18H20N4O4. The number of aromatic nitrogens is 2. The highest BCUT2D eigenvalue weighted by Crippen LogP contribution is 2.14. The lowest BCUT2D eigenvalue weighted by atomic mass is 10.0. The number of aliphatic hydroxyl groups is 1. The molecule has 0 bridgehead atoms. The van der Waals surface area contributed by atoms with Crippen molar-refractivity contribution in [2.24, 2.45) is 0 Å². The van der Waals surface area contributed by atoms with E-state index in [9.17, 15) is 19.5 Å². The lowest BCUT2D eigenvalue weighted by molar-refractivity contribution is 0.0311. The first-order valence-electron chi connectivity index (χ1n) is 8.34. The Labute approximate surface area is 149 Å². The third kappa shape index (κ3) is 3.80. The van der Waals surface area contributed by atoms with Gasteiger partial charge < -0.3 is 20.3 Å². The minimum Gasteiger partial charge on any atom is -0.389 e. The monoisotopic (exact) mass is 356 g/mol. The van der Waals surface area contributed by atoms with Crippen molar-refractivity contribution in [3.63, 3.8) is 0 Å². The van der Waals surface area contributed by atoms with Crippen LogP contribution >= 0.6 is 0 Å². The predicted octanol–water partition coefficient (Wildman–Crippen LogP) is 0.0837. The van der Waals surface area contributed by atoms with Crippen LogP contribution in [0.4, 0.5) is 0 Å². The number of rotatable bonds is 3. The van der Waals surface area contributed by atoms with Gasteiger partial charge in [0.1, 0.15) is 11.3 Å². The molecule has 1 saturated heterocycles. The van der Waals surface area contributed by atoms with Crippen LogP contribution in [-0.4, -0.2) is 57.0 Å². The molecule has 0 aromatic carbocycles. The van der Waals surface area contributed by atoms with Gasteiger partial charge >= 0.3 is 0 Å². The van der Waals surface area contributed by atoms with Gasteiger partial charge in [-0.3, -0.25) is 19.4 Å². The summed E-state index contributed by atoms with van der Waals surface area (Å²) < 4.78 is 0. The highest BCUT2D eigenvalue weighted by Gasteiger charge is 2.32. The van der Waals surface area contributed by atoms with Crippen LogP contribution in [0.3, 0.4) is 0 Å². The van der Waals surface area contributed by atoms with Crippen molar-refractivity contribution in [3.05, 3.63) is 63.8 Å². The Kier molecular flexibility index (Phi) is 5.13. The average molecular weight is 356 g/mol. The number of likely N-dealkylation sites (tertiary alicyclic amines) is 1. The molecule has 2 aromatic heterocycles. The number of β-amino-alcohol motifs (C(OH)–C–C–N with tert-alkyl or cyclic N) is 1. The summed E-state index contributed by atoms with van der Waals surface area (Å²) >= 11 is 0. The van der Waals surface area contributed by atoms with Gasteiger partial charge in [0.2, 0.25) is 0 Å². The molecule has 3 N–H and O–H groups in total. The van der Waals surface area contributed by atoms with Gasteiger partial charge in [-0.05, 0) is 25.5 Å². The number of amides is 2. The first-order chi connectivity index (χ1) is 12.5. The standard InChI is InChI=1S/C18H20N4O4/c1-11-8-15(23)12(9-20-11)17(25)21-13-5-7-22(10-16(13)24)18(26)14-4-2-3-6-19-14/h2-4,6,8-9,13,16,24H,5,7,10H2,1H3,(H,20,23)(H,21,25)/t13-,16-/m1/s1. The van der Waals surface area contributed by atoms with E-state index in [1.54, 1.807) is 25.1 Å². The summed E-state index contributed by atoms with van der Waals surface area (Å²) in [6, 6.07) is 5.88. The number of H-pyrrole nitrogens is 1. The fourth-order valence-corrected chi connectivity index (χ4v) is 2.93. The molecule has 8 nitrogen and oxygen atoms in total. The third-order valence-electron chi connectivity index (χ3n) is 4.37. The number of carbonyl (C=O) groups is 2. The molecule has 2 amide bonds. The van der Waals surface area contributed by atoms with Crippen molar-refractivity contribution >= 4 is 11.8 Å². The van der Waals surface area contributed by atoms with E-state index in [1.807, 2.05) is 0 Å². The highest BCUT2D eigenvalue weighted by molar-refractivity contribution is 5.94. The van der Waals surface area contributed by atoms with Crippen LogP contribution in [0, 0.1) is 6.92 Å². The molecule has 3 rings (SSSR count). The van der Waals surface area contributed by atoms with Crippen LogP contribution in [0.15, 0.2) is 41.5 Å². The fraction of sp³-hybridized carbons (Fsp3) is 0.333. The van der Waals surface area contributed by atoms with Crippen LogP contribution in [0.25, 0.3) is 0 Å². The van der Waals surface area contributed by atoms with Crippen LogP contribution in [-0.2, 0) is 0 Å². The van der Waals surface area contributed by atoms with E-state index in [-0.39, 0.29) is 23.4 Å². The Balaban J connectivity index is 1.63. The van der Waals surface area contributed by atoms with Gasteiger partial charge in [-0.15, -0.1) is 0 Å². The summed E-state index contributed by atoms with van der Waals surface area (Å²) in [5, 5.41) is 13.0. The van der Waals surface area contributed by atoms with E-state index >= 15 is 0 Å². The van der Waals surface area contributed by atoms with Crippen LogP contribution in [0.2, 0.25) is 0 Å². The second-order valence-corrected chi connectivity index (χ2v) is 6.30. The van der Waals surface area contributed by atoms with Gasteiger partial charge in [-0.2, -0.15) is 0 Å². The largest absolute Gasteiger partial charge is 0.389 e. The van der Waals surface area contributed by atoms with Crippen molar-refractivity contribution in [2.75, 3.05) is 13.1 Å². The molecule has 0 aliphatic carbocycles. The normalized spacial score (nSPS) is 19.8. The minimum absolute atomic E-state index is 0.00482. The molecule has 3 heterocycles. The summed E-state index contributed by atoms with van der Waals surface area (Å²) in [7, 11) is 0. The molecule has 1 fully saturated rings. The molecule has 8 heteroatoms. The molecule has 2 aromatic rings. The van der Waals surface area contributed by atoms with Gasteiger partial charge in [0.05, 0.1) is 12.1 Å². The second kappa shape index (κ2) is 7.49. The van der Waals surface area contributed by atoms with Crippen molar-refractivity contribution in [1.29, 1.82) is 0 Å². The Morgan fingerprint density at radius 1 is 1.38 bits per heavy atom. The lowest BCUT2D eigenvalue weighted by Crippen LogP contribution is -2.55. The Hall–Kier alpha value is -3.00. The van der Waals surface area contributed by atoms with Crippen molar-refractivity contribution in [2.45, 2.75) is 25.5 Å². The van der Waals surface area contributed by atoms with Gasteiger partial charge in [0.25, 0.3) is 11.8 Å². The maximum absolute atomic E-state index is 12.4. The average Bonchev–Trinajstić information content (AvgIpc) is 2.63. The number of piperidine rings is 1. The zero-order valence-corrected chi connectivity index (χ0v) is 14.3. The molecule has 0 unspecified atom stereocenters. The van der Waals surface area contributed by atoms with E-state index in [0.29, 0.717) is 24.4 Å². The van der Waals surface area contributed by atoms with E-state index in [1.165, 1.54) is 23.4 Å². The quantitative estimate of drug-likeness (QED) is 0.721. The number of nitrogens with one attached hydrogen (secondary N) is 2. The summed E-state index contributed by atoms with van der Waals surface area (Å²) in [4.78, 5) is 44.9. The zero-order valence-electron chi connectivity index (χ0n) is 14.3. The van der Waals surface area contributed by atoms with E-state index in [4.69, 9.17) is 0 Å². The van der Waals surface area contributed by atoms with Crippen molar-refractivity contribution in [1.82, 2.24) is 20.2 Å². The number of hydrogen-bond donors (Lipinski definition) is 3. The number of aryl methyl sites for hydroxylation is 1. The number of pyridine rings is 2. The predicted molar refractivity (Wildman–Crippen MR) is 93.8 cm³/mol. The Bertz CT molecular complexity index is 865. The van der Waals surface area contributed by atoms with Crippen molar-refractivity contribution in [3.8, 4) is 0 Å². The fourth-order valence-electron chi connectivity index (χ4n) is 2.93. The van der Waals surface area contributed by atoms with Crippen molar-refractivity contribution < 1.29 is 14.7 Å². The van der Waals surface area contributed by atoms with Gasteiger partial charge in [-0.1, -0.05) is 6.07 Å². The molecule has 26 heavy (non-hydrogen) atoms. The number of aromatic amines is 1. The maximum atomic E-state index is 12.4. The van der Waals surface area contributed by atoms with E-state index in [0.717, 1.165) is 0 Å². The molecule has 2 atom stereocenters. The van der Waals surface area contributed by atoms with Gasteiger partial charge in [0, 0.05) is 37.2 Å². The second-order valence-electron chi connectivity index (χ2n) is 6.30. The Morgan fingerprint density at radius 3 is 2.85 bits per heavy atom. The number of nitrogens with zero attached hydrogens (tertiary/aromatic N) is 2. The molecule has 0 spiro atoms. The van der Waals surface area contributed by atoms with Crippen LogP contribution in [0.1, 0.15) is 33.0 Å². The first-order valence-corrected chi connectivity index (χ1v) is 8.34. The minimum atomic E-state index is -0.926. The summed E-state index contributed by atoms with van der Waals surface area (Å²) in [6.45, 7) is 2.19. The third-order valence-corrected chi connectivity index (χ3v) is 4.37. The number of carbonyl (C=O) groups excluding carboxylic acids is 2. The maximum Gasteiger partial charge on any atom is 0.272 e. The van der Waals surface area contributed by atoms with Crippen LogP contribution < -0.4 is 10.7 Å². The van der Waals surface area contributed by atoms with Gasteiger partial charge in [0.15, 0.2) is 5.43 Å². The lowest BCUT2D eigenvalue weighted by Gasteiger charge is -2.36. The van der Waals surface area contributed by atoms with E-state index in [2.05, 4.69) is 15.3 Å².